The van der Waals surface area contributed by atoms with E-state index in [1.807, 2.05) is 43.3 Å². The predicted molar refractivity (Wildman–Crippen MR) is 86.6 cm³/mol. The number of anilines is 2. The second kappa shape index (κ2) is 6.26. The lowest BCUT2D eigenvalue weighted by Crippen LogP contribution is -2.16. The Morgan fingerprint density at radius 1 is 1.18 bits per heavy atom. The highest BCUT2D eigenvalue weighted by Crippen LogP contribution is 2.25. The van der Waals surface area contributed by atoms with Gasteiger partial charge in [0, 0.05) is 31.3 Å². The van der Waals surface area contributed by atoms with E-state index in [2.05, 4.69) is 5.32 Å². The average Bonchev–Trinajstić information content (AvgIpc) is 2.47. The normalized spacial score (nSPS) is 10.1. The molecule has 22 heavy (non-hydrogen) atoms. The zero-order valence-corrected chi connectivity index (χ0v) is 12.7. The maximum Gasteiger partial charge on any atom is 0.272 e. The van der Waals surface area contributed by atoms with Gasteiger partial charge < -0.3 is 10.2 Å². The molecule has 0 radical (unpaired) electrons. The highest BCUT2D eigenvalue weighted by molar-refractivity contribution is 6.06. The zero-order valence-electron chi connectivity index (χ0n) is 12.7. The molecule has 0 heterocycles. The third-order valence-electron chi connectivity index (χ3n) is 3.29. The fourth-order valence-corrected chi connectivity index (χ4v) is 2.17. The van der Waals surface area contributed by atoms with Gasteiger partial charge in [0.2, 0.25) is 0 Å². The number of carbonyl (C=O) groups excluding carboxylic acids is 1. The summed E-state index contributed by atoms with van der Waals surface area (Å²) in [6.45, 7) is 1.61. The molecular weight excluding hydrogens is 282 g/mol. The van der Waals surface area contributed by atoms with E-state index in [4.69, 9.17) is 0 Å². The van der Waals surface area contributed by atoms with Crippen molar-refractivity contribution >= 4 is 23.0 Å². The maximum absolute atomic E-state index is 12.3. The summed E-state index contributed by atoms with van der Waals surface area (Å²) in [5.41, 5.74) is 2.42. The lowest BCUT2D eigenvalue weighted by atomic mass is 10.1. The van der Waals surface area contributed by atoms with Crippen molar-refractivity contribution in [3.8, 4) is 0 Å². The van der Waals surface area contributed by atoms with E-state index in [9.17, 15) is 14.9 Å². The molecule has 114 valence electrons. The first kappa shape index (κ1) is 15.5. The van der Waals surface area contributed by atoms with Gasteiger partial charge >= 0.3 is 0 Å². The van der Waals surface area contributed by atoms with Crippen molar-refractivity contribution in [1.82, 2.24) is 0 Å². The summed E-state index contributed by atoms with van der Waals surface area (Å²) in [5, 5.41) is 13.6. The summed E-state index contributed by atoms with van der Waals surface area (Å²) < 4.78 is 0. The Balaban J connectivity index is 2.27. The van der Waals surface area contributed by atoms with E-state index in [1.54, 1.807) is 6.92 Å². The SMILES string of the molecule is Cc1cc(C(=O)Nc2ccccc2N(C)C)ccc1[N+](=O)[O-]. The van der Waals surface area contributed by atoms with Crippen LogP contribution in [0.15, 0.2) is 42.5 Å². The number of para-hydroxylation sites is 2. The smallest absolute Gasteiger partial charge is 0.272 e. The summed E-state index contributed by atoms with van der Waals surface area (Å²) >= 11 is 0. The average molecular weight is 299 g/mol. The third kappa shape index (κ3) is 3.22. The standard InChI is InChI=1S/C16H17N3O3/c1-11-10-12(8-9-14(11)19(21)22)16(20)17-13-6-4-5-7-15(13)18(2)3/h4-10H,1-3H3,(H,17,20). The second-order valence-corrected chi connectivity index (χ2v) is 5.12. The number of amides is 1. The van der Waals surface area contributed by atoms with Crippen molar-refractivity contribution in [2.24, 2.45) is 0 Å². The van der Waals surface area contributed by atoms with E-state index in [1.165, 1.54) is 18.2 Å². The molecule has 0 fully saturated rings. The monoisotopic (exact) mass is 299 g/mol. The highest BCUT2D eigenvalue weighted by atomic mass is 16.6. The molecule has 0 aliphatic rings. The first-order valence-electron chi connectivity index (χ1n) is 6.73. The van der Waals surface area contributed by atoms with Crippen LogP contribution in [0, 0.1) is 17.0 Å². The number of nitro groups is 1. The molecule has 0 saturated heterocycles. The Morgan fingerprint density at radius 2 is 1.86 bits per heavy atom. The minimum absolute atomic E-state index is 0.00485. The van der Waals surface area contributed by atoms with Crippen LogP contribution in [0.25, 0.3) is 0 Å². The molecule has 1 amide bonds. The summed E-state index contributed by atoms with van der Waals surface area (Å²) in [6, 6.07) is 11.8. The van der Waals surface area contributed by atoms with Crippen LogP contribution in [-0.4, -0.2) is 24.9 Å². The van der Waals surface area contributed by atoms with E-state index in [0.717, 1.165) is 5.69 Å². The van der Waals surface area contributed by atoms with Crippen molar-refractivity contribution in [3.05, 3.63) is 63.7 Å². The molecule has 0 aromatic heterocycles. The van der Waals surface area contributed by atoms with Crippen molar-refractivity contribution < 1.29 is 9.72 Å². The van der Waals surface area contributed by atoms with Crippen LogP contribution in [0.2, 0.25) is 0 Å². The molecule has 0 aliphatic carbocycles. The van der Waals surface area contributed by atoms with E-state index in [0.29, 0.717) is 16.8 Å². The number of hydrogen-bond donors (Lipinski definition) is 1. The lowest BCUT2D eigenvalue weighted by Gasteiger charge is -2.17. The van der Waals surface area contributed by atoms with Gasteiger partial charge in [0.25, 0.3) is 11.6 Å². The number of aryl methyl sites for hydroxylation is 1. The van der Waals surface area contributed by atoms with Crippen molar-refractivity contribution in [3.63, 3.8) is 0 Å². The van der Waals surface area contributed by atoms with Gasteiger partial charge in [0.15, 0.2) is 0 Å². The predicted octanol–water partition coefficient (Wildman–Crippen LogP) is 3.22. The lowest BCUT2D eigenvalue weighted by molar-refractivity contribution is -0.385. The number of nitrogens with one attached hydrogen (secondary N) is 1. The molecule has 0 bridgehead atoms. The Bertz CT molecular complexity index is 726. The van der Waals surface area contributed by atoms with Gasteiger partial charge in [-0.3, -0.25) is 14.9 Å². The summed E-state index contributed by atoms with van der Waals surface area (Å²) in [4.78, 5) is 24.6. The molecule has 0 atom stereocenters. The zero-order chi connectivity index (χ0) is 16.3. The molecule has 0 saturated carbocycles. The fraction of sp³-hybridized carbons (Fsp3) is 0.188. The number of carbonyl (C=O) groups is 1. The Labute approximate surface area is 128 Å². The Kier molecular flexibility index (Phi) is 4.41. The first-order chi connectivity index (χ1) is 10.4. The third-order valence-corrected chi connectivity index (χ3v) is 3.29. The number of hydrogen-bond acceptors (Lipinski definition) is 4. The summed E-state index contributed by atoms with van der Waals surface area (Å²) in [6.07, 6.45) is 0. The molecule has 2 aromatic rings. The van der Waals surface area contributed by atoms with Crippen molar-refractivity contribution in [1.29, 1.82) is 0 Å². The number of benzene rings is 2. The molecule has 6 nitrogen and oxygen atoms in total. The number of rotatable bonds is 4. The van der Waals surface area contributed by atoms with Crippen molar-refractivity contribution in [2.75, 3.05) is 24.3 Å². The Morgan fingerprint density at radius 3 is 2.45 bits per heavy atom. The van der Waals surface area contributed by atoms with Gasteiger partial charge in [0.1, 0.15) is 0 Å². The minimum atomic E-state index is -0.460. The molecule has 2 rings (SSSR count). The molecule has 1 N–H and O–H groups in total. The molecule has 6 heteroatoms. The largest absolute Gasteiger partial charge is 0.376 e. The van der Waals surface area contributed by atoms with Gasteiger partial charge in [0.05, 0.1) is 16.3 Å². The van der Waals surface area contributed by atoms with Crippen LogP contribution in [0.3, 0.4) is 0 Å². The van der Waals surface area contributed by atoms with Crippen LogP contribution >= 0.6 is 0 Å². The van der Waals surface area contributed by atoms with Gasteiger partial charge in [-0.1, -0.05) is 12.1 Å². The van der Waals surface area contributed by atoms with Gasteiger partial charge in [-0.05, 0) is 31.2 Å². The molecule has 0 aliphatic heterocycles. The fourth-order valence-electron chi connectivity index (χ4n) is 2.17. The first-order valence-corrected chi connectivity index (χ1v) is 6.73. The van der Waals surface area contributed by atoms with E-state index < -0.39 is 4.92 Å². The van der Waals surface area contributed by atoms with Crippen LogP contribution in [-0.2, 0) is 0 Å². The van der Waals surface area contributed by atoms with Gasteiger partial charge in [-0.25, -0.2) is 0 Å². The van der Waals surface area contributed by atoms with Crippen LogP contribution in [0.5, 0.6) is 0 Å². The van der Waals surface area contributed by atoms with Gasteiger partial charge in [-0.2, -0.15) is 0 Å². The molecule has 0 unspecified atom stereocenters. The van der Waals surface area contributed by atoms with Crippen LogP contribution in [0.1, 0.15) is 15.9 Å². The Hall–Kier alpha value is -2.89. The highest BCUT2D eigenvalue weighted by Gasteiger charge is 2.15. The van der Waals surface area contributed by atoms with Crippen LogP contribution < -0.4 is 10.2 Å². The molecule has 0 spiro atoms. The maximum atomic E-state index is 12.3. The number of nitrogens with zero attached hydrogens (tertiary/aromatic N) is 2. The molecule has 2 aromatic carbocycles. The number of nitro benzene ring substituents is 1. The quantitative estimate of drug-likeness (QED) is 0.694. The van der Waals surface area contributed by atoms with Crippen molar-refractivity contribution in [2.45, 2.75) is 6.92 Å². The summed E-state index contributed by atoms with van der Waals surface area (Å²) in [5.74, 6) is -0.299. The van der Waals surface area contributed by atoms with E-state index >= 15 is 0 Å². The van der Waals surface area contributed by atoms with Gasteiger partial charge in [-0.15, -0.1) is 0 Å². The second-order valence-electron chi connectivity index (χ2n) is 5.12. The topological polar surface area (TPSA) is 75.5 Å². The summed E-state index contributed by atoms with van der Waals surface area (Å²) in [7, 11) is 3.78. The minimum Gasteiger partial charge on any atom is -0.376 e. The molecular formula is C16H17N3O3. The van der Waals surface area contributed by atoms with E-state index in [-0.39, 0.29) is 11.6 Å². The van der Waals surface area contributed by atoms with Crippen LogP contribution in [0.4, 0.5) is 17.1 Å².